The summed E-state index contributed by atoms with van der Waals surface area (Å²) in [5.41, 5.74) is 1.09. The number of rotatable bonds is 9. The SMILES string of the molecule is Br.CC(C)(CCN1C(=O)OC(C)(C)c2ccccc21)NCC(O)c1ccc(O)c(NS(C)(=O)=O)c1. The Morgan fingerprint density at radius 2 is 1.83 bits per heavy atom. The minimum absolute atomic E-state index is 0. The second-order valence-electron chi connectivity index (χ2n) is 9.73. The average molecular weight is 573 g/mol. The second-order valence-corrected chi connectivity index (χ2v) is 11.5. The predicted octanol–water partition coefficient (Wildman–Crippen LogP) is 4.03. The van der Waals surface area contributed by atoms with Gasteiger partial charge < -0.3 is 20.3 Å². The van der Waals surface area contributed by atoms with Crippen molar-refractivity contribution in [3.8, 4) is 5.75 Å². The molecule has 1 heterocycles. The van der Waals surface area contributed by atoms with Gasteiger partial charge in [-0.15, -0.1) is 17.0 Å². The molecule has 0 bridgehead atoms. The first-order valence-electron chi connectivity index (χ1n) is 11.0. The minimum atomic E-state index is -3.58. The van der Waals surface area contributed by atoms with E-state index in [0.717, 1.165) is 17.5 Å². The zero-order chi connectivity index (χ0) is 25.3. The summed E-state index contributed by atoms with van der Waals surface area (Å²) in [7, 11) is -3.58. The van der Waals surface area contributed by atoms with Gasteiger partial charge in [-0.2, -0.15) is 0 Å². The van der Waals surface area contributed by atoms with Crippen molar-refractivity contribution in [2.75, 3.05) is 29.0 Å². The van der Waals surface area contributed by atoms with Crippen LogP contribution in [0.1, 0.15) is 51.3 Å². The van der Waals surface area contributed by atoms with Crippen LogP contribution in [0.2, 0.25) is 0 Å². The number of fused-ring (bicyclic) bond motifs is 1. The van der Waals surface area contributed by atoms with E-state index in [0.29, 0.717) is 18.5 Å². The van der Waals surface area contributed by atoms with E-state index in [9.17, 15) is 23.4 Å². The van der Waals surface area contributed by atoms with Crippen LogP contribution in [-0.2, 0) is 20.4 Å². The Hall–Kier alpha value is -2.34. The lowest BCUT2D eigenvalue weighted by Crippen LogP contribution is -2.48. The number of halogens is 1. The number of benzene rings is 2. The maximum absolute atomic E-state index is 12.7. The van der Waals surface area contributed by atoms with E-state index in [1.165, 1.54) is 18.2 Å². The Morgan fingerprint density at radius 1 is 1.17 bits per heavy atom. The summed E-state index contributed by atoms with van der Waals surface area (Å²) in [5.74, 6) is -0.230. The highest BCUT2D eigenvalue weighted by atomic mass is 79.9. The van der Waals surface area contributed by atoms with Crippen LogP contribution in [0.25, 0.3) is 0 Å². The average Bonchev–Trinajstić information content (AvgIpc) is 2.72. The number of phenols is 1. The number of aliphatic hydroxyl groups excluding tert-OH is 1. The van der Waals surface area contributed by atoms with Crippen LogP contribution in [0.15, 0.2) is 42.5 Å². The topological polar surface area (TPSA) is 128 Å². The number of carbonyl (C=O) groups is 1. The predicted molar refractivity (Wildman–Crippen MR) is 142 cm³/mol. The van der Waals surface area contributed by atoms with Gasteiger partial charge in [0.1, 0.15) is 11.4 Å². The molecule has 1 unspecified atom stereocenters. The molecule has 0 aromatic heterocycles. The molecule has 1 aliphatic rings. The number of para-hydroxylation sites is 1. The van der Waals surface area contributed by atoms with E-state index in [1.807, 2.05) is 52.0 Å². The van der Waals surface area contributed by atoms with Crippen molar-refractivity contribution < 1.29 is 28.2 Å². The first kappa shape index (κ1) is 28.9. The van der Waals surface area contributed by atoms with Crippen molar-refractivity contribution in [2.45, 2.75) is 51.4 Å². The molecule has 0 saturated carbocycles. The fraction of sp³-hybridized carbons (Fsp3) is 0.458. The molecule has 3 rings (SSSR count). The Balaban J connectivity index is 0.00000432. The van der Waals surface area contributed by atoms with Gasteiger partial charge in [0.25, 0.3) is 0 Å². The highest BCUT2D eigenvalue weighted by molar-refractivity contribution is 8.93. The molecule has 11 heteroatoms. The summed E-state index contributed by atoms with van der Waals surface area (Å²) in [6, 6.07) is 11.9. The highest BCUT2D eigenvalue weighted by Gasteiger charge is 2.38. The number of nitrogens with zero attached hydrogens (tertiary/aromatic N) is 1. The number of sulfonamides is 1. The van der Waals surface area contributed by atoms with Crippen LogP contribution in [0.3, 0.4) is 0 Å². The molecule has 0 saturated heterocycles. The molecule has 35 heavy (non-hydrogen) atoms. The molecule has 2 aromatic carbocycles. The first-order valence-corrected chi connectivity index (χ1v) is 12.9. The summed E-state index contributed by atoms with van der Waals surface area (Å²) in [6.07, 6.45) is 0.230. The number of nitrogens with one attached hydrogen (secondary N) is 2. The number of aromatic hydroxyl groups is 1. The minimum Gasteiger partial charge on any atom is -0.506 e. The van der Waals surface area contributed by atoms with Gasteiger partial charge >= 0.3 is 6.09 Å². The van der Waals surface area contributed by atoms with Crippen LogP contribution in [-0.4, -0.2) is 49.6 Å². The van der Waals surface area contributed by atoms with Gasteiger partial charge in [0.15, 0.2) is 0 Å². The zero-order valence-corrected chi connectivity index (χ0v) is 23.1. The van der Waals surface area contributed by atoms with Gasteiger partial charge in [-0.25, -0.2) is 13.2 Å². The Bertz CT molecular complexity index is 1170. The molecule has 0 spiro atoms. The Labute approximate surface area is 217 Å². The van der Waals surface area contributed by atoms with Crippen molar-refractivity contribution in [2.24, 2.45) is 0 Å². The fourth-order valence-corrected chi connectivity index (χ4v) is 4.43. The molecule has 1 atom stereocenters. The van der Waals surface area contributed by atoms with Crippen molar-refractivity contribution in [3.05, 3.63) is 53.6 Å². The van der Waals surface area contributed by atoms with Gasteiger partial charge in [-0.1, -0.05) is 24.3 Å². The van der Waals surface area contributed by atoms with Crippen molar-refractivity contribution >= 4 is 44.5 Å². The number of ether oxygens (including phenoxy) is 1. The van der Waals surface area contributed by atoms with E-state index in [-0.39, 0.29) is 35.0 Å². The lowest BCUT2D eigenvalue weighted by molar-refractivity contribution is 0.0347. The van der Waals surface area contributed by atoms with E-state index < -0.39 is 33.4 Å². The molecule has 0 radical (unpaired) electrons. The van der Waals surface area contributed by atoms with Gasteiger partial charge in [-0.3, -0.25) is 9.62 Å². The Kier molecular flexibility index (Phi) is 8.86. The zero-order valence-electron chi connectivity index (χ0n) is 20.5. The van der Waals surface area contributed by atoms with Crippen LogP contribution in [0, 0.1) is 0 Å². The van der Waals surface area contributed by atoms with Gasteiger partial charge in [0.2, 0.25) is 10.0 Å². The molecule has 2 aromatic rings. The summed E-state index contributed by atoms with van der Waals surface area (Å²) >= 11 is 0. The molecular formula is C24H34BrN3O6S. The lowest BCUT2D eigenvalue weighted by Gasteiger charge is -2.39. The molecule has 194 valence electrons. The second kappa shape index (κ2) is 10.7. The number of β-amino-alcohol motifs (C(OH)–C–C–N with tert-alkyl or cyclic N) is 1. The third-order valence-electron chi connectivity index (χ3n) is 5.84. The number of cyclic esters (lactones) is 1. The quantitative estimate of drug-likeness (QED) is 0.334. The number of anilines is 2. The van der Waals surface area contributed by atoms with E-state index in [4.69, 9.17) is 4.74 Å². The highest BCUT2D eigenvalue weighted by Crippen LogP contribution is 2.38. The number of hydrogen-bond donors (Lipinski definition) is 4. The van der Waals surface area contributed by atoms with Crippen LogP contribution in [0.5, 0.6) is 5.75 Å². The summed E-state index contributed by atoms with van der Waals surface area (Å²) in [6.45, 7) is 8.28. The van der Waals surface area contributed by atoms with Crippen LogP contribution >= 0.6 is 17.0 Å². The summed E-state index contributed by atoms with van der Waals surface area (Å²) in [5, 5.41) is 23.8. The first-order chi connectivity index (χ1) is 15.7. The standard InChI is InChI=1S/C24H33N3O6S.BrH/c1-23(2,12-13-27-19-9-7-6-8-17(19)24(3,4)33-22(27)30)25-15-21(29)16-10-11-20(28)18(14-16)26-34(5,31)32;/h6-11,14,21,25-26,28-29H,12-13,15H2,1-5H3;1H. The number of aliphatic hydroxyl groups is 1. The summed E-state index contributed by atoms with van der Waals surface area (Å²) in [4.78, 5) is 14.3. The normalized spacial score (nSPS) is 16.1. The molecular weight excluding hydrogens is 538 g/mol. The van der Waals surface area contributed by atoms with E-state index >= 15 is 0 Å². The number of amides is 1. The molecule has 9 nitrogen and oxygen atoms in total. The largest absolute Gasteiger partial charge is 0.506 e. The van der Waals surface area contributed by atoms with Crippen molar-refractivity contribution in [1.82, 2.24) is 5.32 Å². The van der Waals surface area contributed by atoms with Crippen molar-refractivity contribution in [3.63, 3.8) is 0 Å². The number of carbonyl (C=O) groups excluding carboxylic acids is 1. The molecule has 1 amide bonds. The molecule has 1 aliphatic heterocycles. The maximum atomic E-state index is 12.7. The maximum Gasteiger partial charge on any atom is 0.415 e. The lowest BCUT2D eigenvalue weighted by atomic mass is 9.93. The van der Waals surface area contributed by atoms with E-state index in [2.05, 4.69) is 10.0 Å². The third kappa shape index (κ3) is 7.33. The Morgan fingerprint density at radius 3 is 2.49 bits per heavy atom. The smallest absolute Gasteiger partial charge is 0.415 e. The van der Waals surface area contributed by atoms with E-state index in [1.54, 1.807) is 4.90 Å². The molecule has 0 aliphatic carbocycles. The number of hydrogen-bond acceptors (Lipinski definition) is 7. The molecule has 0 fully saturated rings. The number of phenolic OH excluding ortho intramolecular Hbond substituents is 1. The van der Waals surface area contributed by atoms with Gasteiger partial charge in [0, 0.05) is 24.2 Å². The third-order valence-corrected chi connectivity index (χ3v) is 6.43. The van der Waals surface area contributed by atoms with Crippen LogP contribution in [0.4, 0.5) is 16.2 Å². The van der Waals surface area contributed by atoms with Crippen molar-refractivity contribution in [1.29, 1.82) is 0 Å². The van der Waals surface area contributed by atoms with Gasteiger partial charge in [-0.05, 0) is 57.9 Å². The van der Waals surface area contributed by atoms with Gasteiger partial charge in [0.05, 0.1) is 23.7 Å². The molecule has 4 N–H and O–H groups in total. The van der Waals surface area contributed by atoms with Crippen LogP contribution < -0.4 is 14.9 Å². The summed E-state index contributed by atoms with van der Waals surface area (Å²) < 4.78 is 30.9. The monoisotopic (exact) mass is 571 g/mol. The fourth-order valence-electron chi connectivity index (χ4n) is 3.87.